The number of benzene rings is 1. The fourth-order valence-electron chi connectivity index (χ4n) is 1.38. The van der Waals surface area contributed by atoms with Crippen LogP contribution in [0.5, 0.6) is 0 Å². The van der Waals surface area contributed by atoms with Gasteiger partial charge in [0.1, 0.15) is 0 Å². The van der Waals surface area contributed by atoms with Crippen LogP contribution in [0.15, 0.2) is 36.9 Å². The summed E-state index contributed by atoms with van der Waals surface area (Å²) in [6.45, 7) is 4.28. The second kappa shape index (κ2) is 6.18. The van der Waals surface area contributed by atoms with E-state index in [-0.39, 0.29) is 0 Å². The Morgan fingerprint density at radius 3 is 2.75 bits per heavy atom. The van der Waals surface area contributed by atoms with Crippen molar-refractivity contribution in [3.05, 3.63) is 47.5 Å². The van der Waals surface area contributed by atoms with Gasteiger partial charge in [-0.2, -0.15) is 0 Å². The van der Waals surface area contributed by atoms with E-state index in [9.17, 15) is 4.79 Å². The van der Waals surface area contributed by atoms with Crippen LogP contribution in [0.25, 0.3) is 0 Å². The maximum Gasteiger partial charge on any atom is 0.407 e. The molecule has 1 aromatic carbocycles. The molecule has 4 heteroatoms. The predicted octanol–water partition coefficient (Wildman–Crippen LogP) is 3.05. The van der Waals surface area contributed by atoms with Crippen LogP contribution in [0.3, 0.4) is 0 Å². The minimum Gasteiger partial charge on any atom is -0.465 e. The number of halogens is 1. The van der Waals surface area contributed by atoms with Gasteiger partial charge in [0.05, 0.1) is 0 Å². The summed E-state index contributed by atoms with van der Waals surface area (Å²) < 4.78 is 0. The lowest BCUT2D eigenvalue weighted by Crippen LogP contribution is -2.31. The largest absolute Gasteiger partial charge is 0.465 e. The van der Waals surface area contributed by atoms with E-state index in [1.54, 1.807) is 12.1 Å². The Bertz CT molecular complexity index is 379. The van der Waals surface area contributed by atoms with E-state index >= 15 is 0 Å². The molecular weight excluding hydrogens is 226 g/mol. The average molecular weight is 240 g/mol. The topological polar surface area (TPSA) is 40.5 Å². The molecule has 0 unspecified atom stereocenters. The van der Waals surface area contributed by atoms with Gasteiger partial charge in [0, 0.05) is 18.1 Å². The van der Waals surface area contributed by atoms with Crippen molar-refractivity contribution in [2.75, 3.05) is 13.1 Å². The van der Waals surface area contributed by atoms with Gasteiger partial charge in [0.15, 0.2) is 0 Å². The first kappa shape index (κ1) is 12.6. The first-order valence-corrected chi connectivity index (χ1v) is 5.35. The van der Waals surface area contributed by atoms with E-state index in [1.807, 2.05) is 18.2 Å². The van der Waals surface area contributed by atoms with Gasteiger partial charge in [0.25, 0.3) is 0 Å². The molecule has 1 aromatic rings. The SMILES string of the molecule is C=CCN(CCc1ccccc1Cl)C(=O)O. The van der Waals surface area contributed by atoms with E-state index in [4.69, 9.17) is 16.7 Å². The van der Waals surface area contributed by atoms with Crippen LogP contribution in [0, 0.1) is 0 Å². The van der Waals surface area contributed by atoms with Gasteiger partial charge in [-0.05, 0) is 18.1 Å². The molecule has 86 valence electrons. The third-order valence-corrected chi connectivity index (χ3v) is 2.60. The minimum atomic E-state index is -0.938. The number of carbonyl (C=O) groups is 1. The highest BCUT2D eigenvalue weighted by Gasteiger charge is 2.10. The van der Waals surface area contributed by atoms with Gasteiger partial charge < -0.3 is 10.0 Å². The van der Waals surface area contributed by atoms with E-state index in [2.05, 4.69) is 6.58 Å². The Labute approximate surface area is 100.0 Å². The molecule has 3 nitrogen and oxygen atoms in total. The smallest absolute Gasteiger partial charge is 0.407 e. The maximum absolute atomic E-state index is 10.8. The van der Waals surface area contributed by atoms with Crippen LogP contribution in [0.2, 0.25) is 5.02 Å². The highest BCUT2D eigenvalue weighted by Crippen LogP contribution is 2.15. The quantitative estimate of drug-likeness (QED) is 0.803. The van der Waals surface area contributed by atoms with Crippen molar-refractivity contribution in [3.63, 3.8) is 0 Å². The number of carboxylic acid groups (broad SMARTS) is 1. The van der Waals surface area contributed by atoms with Crippen LogP contribution in [-0.4, -0.2) is 29.2 Å². The molecule has 0 aliphatic rings. The molecule has 0 radical (unpaired) electrons. The molecule has 0 saturated carbocycles. The monoisotopic (exact) mass is 239 g/mol. The van der Waals surface area contributed by atoms with Crippen molar-refractivity contribution in [2.24, 2.45) is 0 Å². The molecule has 0 aliphatic carbocycles. The summed E-state index contributed by atoms with van der Waals surface area (Å²) in [6, 6.07) is 7.44. The maximum atomic E-state index is 10.8. The summed E-state index contributed by atoms with van der Waals surface area (Å²) >= 11 is 5.98. The zero-order valence-electron chi connectivity index (χ0n) is 8.90. The molecule has 0 spiro atoms. The highest BCUT2D eigenvalue weighted by molar-refractivity contribution is 6.31. The molecule has 16 heavy (non-hydrogen) atoms. The number of nitrogens with zero attached hydrogens (tertiary/aromatic N) is 1. The van der Waals surface area contributed by atoms with Crippen molar-refractivity contribution in [1.82, 2.24) is 4.90 Å². The first-order valence-electron chi connectivity index (χ1n) is 4.97. The Morgan fingerprint density at radius 2 is 2.19 bits per heavy atom. The molecule has 0 heterocycles. The van der Waals surface area contributed by atoms with Gasteiger partial charge in [-0.3, -0.25) is 0 Å². The van der Waals surface area contributed by atoms with Gasteiger partial charge in [-0.25, -0.2) is 4.79 Å². The third-order valence-electron chi connectivity index (χ3n) is 2.23. The predicted molar refractivity (Wildman–Crippen MR) is 65.0 cm³/mol. The van der Waals surface area contributed by atoms with Crippen molar-refractivity contribution < 1.29 is 9.90 Å². The normalized spacial score (nSPS) is 9.81. The molecule has 0 aliphatic heterocycles. The van der Waals surface area contributed by atoms with Gasteiger partial charge in [0.2, 0.25) is 0 Å². The molecule has 1 rings (SSSR count). The first-order chi connectivity index (χ1) is 7.65. The second-order valence-corrected chi connectivity index (χ2v) is 3.77. The van der Waals surface area contributed by atoms with Gasteiger partial charge in [-0.15, -0.1) is 6.58 Å². The number of amides is 1. The second-order valence-electron chi connectivity index (χ2n) is 3.36. The summed E-state index contributed by atoms with van der Waals surface area (Å²) in [5, 5.41) is 9.57. The van der Waals surface area contributed by atoms with E-state index in [0.717, 1.165) is 5.56 Å². The molecule has 0 atom stereocenters. The van der Waals surface area contributed by atoms with Gasteiger partial charge in [-0.1, -0.05) is 35.9 Å². The molecule has 0 fully saturated rings. The molecule has 0 bridgehead atoms. The fourth-order valence-corrected chi connectivity index (χ4v) is 1.61. The highest BCUT2D eigenvalue weighted by atomic mass is 35.5. The average Bonchev–Trinajstić information content (AvgIpc) is 2.26. The molecule has 0 saturated heterocycles. The molecule has 0 aromatic heterocycles. The zero-order chi connectivity index (χ0) is 12.0. The van der Waals surface area contributed by atoms with Crippen molar-refractivity contribution in [1.29, 1.82) is 0 Å². The summed E-state index contributed by atoms with van der Waals surface area (Å²) in [4.78, 5) is 12.1. The van der Waals surface area contributed by atoms with Crippen molar-refractivity contribution >= 4 is 17.7 Å². The Balaban J connectivity index is 2.58. The van der Waals surface area contributed by atoms with E-state index in [1.165, 1.54) is 4.90 Å². The summed E-state index contributed by atoms with van der Waals surface area (Å²) in [5.41, 5.74) is 0.958. The van der Waals surface area contributed by atoms with Crippen LogP contribution in [0.1, 0.15) is 5.56 Å². The third kappa shape index (κ3) is 3.59. The lowest BCUT2D eigenvalue weighted by Gasteiger charge is -2.17. The van der Waals surface area contributed by atoms with Crippen LogP contribution in [0.4, 0.5) is 4.79 Å². The van der Waals surface area contributed by atoms with Gasteiger partial charge >= 0.3 is 6.09 Å². The Kier molecular flexibility index (Phi) is 4.86. The summed E-state index contributed by atoms with van der Waals surface area (Å²) in [5.74, 6) is 0. The Hall–Kier alpha value is -1.48. The summed E-state index contributed by atoms with van der Waals surface area (Å²) in [6.07, 6.45) is 1.24. The molecule has 1 N–H and O–H groups in total. The fraction of sp³-hybridized carbons (Fsp3) is 0.250. The number of hydrogen-bond acceptors (Lipinski definition) is 1. The Morgan fingerprint density at radius 1 is 1.50 bits per heavy atom. The van der Waals surface area contributed by atoms with E-state index in [0.29, 0.717) is 24.5 Å². The lowest BCUT2D eigenvalue weighted by molar-refractivity contribution is 0.151. The van der Waals surface area contributed by atoms with Crippen molar-refractivity contribution in [3.8, 4) is 0 Å². The van der Waals surface area contributed by atoms with Crippen LogP contribution < -0.4 is 0 Å². The zero-order valence-corrected chi connectivity index (χ0v) is 9.65. The van der Waals surface area contributed by atoms with E-state index < -0.39 is 6.09 Å². The number of rotatable bonds is 5. The molecule has 1 amide bonds. The number of hydrogen-bond donors (Lipinski definition) is 1. The lowest BCUT2D eigenvalue weighted by atomic mass is 10.1. The molecular formula is C12H14ClNO2. The minimum absolute atomic E-state index is 0.333. The van der Waals surface area contributed by atoms with Crippen LogP contribution in [-0.2, 0) is 6.42 Å². The standard InChI is InChI=1S/C12H14ClNO2/c1-2-8-14(12(15)16)9-7-10-5-3-4-6-11(10)13/h2-6H,1,7-9H2,(H,15,16). The van der Waals surface area contributed by atoms with Crippen molar-refractivity contribution in [2.45, 2.75) is 6.42 Å². The summed E-state index contributed by atoms with van der Waals surface area (Å²) in [7, 11) is 0. The van der Waals surface area contributed by atoms with Crippen LogP contribution >= 0.6 is 11.6 Å².